The molecule has 25 heavy (non-hydrogen) atoms. The zero-order valence-corrected chi connectivity index (χ0v) is 15.1. The largest absolute Gasteiger partial charge is 0.366 e. The number of aryl methyl sites for hydroxylation is 1. The Balaban J connectivity index is 1.56. The first-order valence-electron chi connectivity index (χ1n) is 7.90. The SMILES string of the molecule is NC(=O)c1ccccc1CC[CH]c1nc(Cc2cccc(Br)c2)no1. The van der Waals surface area contributed by atoms with E-state index in [0.717, 1.165) is 15.6 Å². The second-order valence-electron chi connectivity index (χ2n) is 5.62. The van der Waals surface area contributed by atoms with Gasteiger partial charge in [0, 0.05) is 16.5 Å². The van der Waals surface area contributed by atoms with Gasteiger partial charge in [0.1, 0.15) is 0 Å². The summed E-state index contributed by atoms with van der Waals surface area (Å²) >= 11 is 3.45. The van der Waals surface area contributed by atoms with E-state index in [2.05, 4.69) is 26.1 Å². The molecule has 1 heterocycles. The fourth-order valence-corrected chi connectivity index (χ4v) is 3.03. The van der Waals surface area contributed by atoms with Gasteiger partial charge in [-0.05, 0) is 42.2 Å². The van der Waals surface area contributed by atoms with Crippen molar-refractivity contribution in [1.29, 1.82) is 0 Å². The van der Waals surface area contributed by atoms with Gasteiger partial charge in [-0.3, -0.25) is 4.79 Å². The highest BCUT2D eigenvalue weighted by Gasteiger charge is 2.10. The number of hydrogen-bond acceptors (Lipinski definition) is 4. The van der Waals surface area contributed by atoms with Gasteiger partial charge < -0.3 is 10.3 Å². The molecule has 0 atom stereocenters. The molecule has 0 aliphatic rings. The Kier molecular flexibility index (Phi) is 5.60. The van der Waals surface area contributed by atoms with Gasteiger partial charge in [0.25, 0.3) is 0 Å². The lowest BCUT2D eigenvalue weighted by Gasteiger charge is -2.04. The topological polar surface area (TPSA) is 82.0 Å². The molecule has 3 rings (SSSR count). The molecule has 0 saturated heterocycles. The van der Waals surface area contributed by atoms with E-state index in [-0.39, 0.29) is 0 Å². The molecule has 2 aromatic carbocycles. The second-order valence-corrected chi connectivity index (χ2v) is 6.54. The first-order chi connectivity index (χ1) is 12.1. The maximum absolute atomic E-state index is 11.4. The smallest absolute Gasteiger partial charge is 0.248 e. The molecule has 0 aliphatic heterocycles. The molecule has 5 nitrogen and oxygen atoms in total. The number of benzene rings is 2. The normalized spacial score (nSPS) is 10.8. The van der Waals surface area contributed by atoms with Crippen molar-refractivity contribution in [3.05, 3.63) is 87.8 Å². The number of nitrogens with zero attached hydrogens (tertiary/aromatic N) is 2. The highest BCUT2D eigenvalue weighted by atomic mass is 79.9. The van der Waals surface area contributed by atoms with E-state index in [1.807, 2.05) is 42.8 Å². The van der Waals surface area contributed by atoms with Gasteiger partial charge in [-0.1, -0.05) is 51.4 Å². The molecule has 6 heteroatoms. The Morgan fingerprint density at radius 3 is 2.84 bits per heavy atom. The van der Waals surface area contributed by atoms with Crippen molar-refractivity contribution in [1.82, 2.24) is 10.1 Å². The molecular formula is C19H17BrN3O2. The molecule has 2 N–H and O–H groups in total. The van der Waals surface area contributed by atoms with Crippen LogP contribution in [0.5, 0.6) is 0 Å². The van der Waals surface area contributed by atoms with Gasteiger partial charge >= 0.3 is 0 Å². The maximum atomic E-state index is 11.4. The number of aromatic nitrogens is 2. The summed E-state index contributed by atoms with van der Waals surface area (Å²) in [6, 6.07) is 15.3. The minimum absolute atomic E-state index is 0.412. The van der Waals surface area contributed by atoms with Gasteiger partial charge in [-0.15, -0.1) is 0 Å². The minimum atomic E-state index is -0.412. The highest BCUT2D eigenvalue weighted by molar-refractivity contribution is 9.10. The molecule has 3 aromatic rings. The van der Waals surface area contributed by atoms with Crippen LogP contribution >= 0.6 is 15.9 Å². The van der Waals surface area contributed by atoms with Gasteiger partial charge in [-0.2, -0.15) is 4.98 Å². The van der Waals surface area contributed by atoms with E-state index in [9.17, 15) is 4.79 Å². The summed E-state index contributed by atoms with van der Waals surface area (Å²) in [5, 5.41) is 4.01. The van der Waals surface area contributed by atoms with Crippen molar-refractivity contribution in [2.45, 2.75) is 19.3 Å². The van der Waals surface area contributed by atoms with Crippen LogP contribution in [0.2, 0.25) is 0 Å². The molecule has 0 aliphatic carbocycles. The van der Waals surface area contributed by atoms with Crippen LogP contribution in [0.3, 0.4) is 0 Å². The first kappa shape index (κ1) is 17.4. The van der Waals surface area contributed by atoms with Crippen LogP contribution in [0.25, 0.3) is 0 Å². The molecule has 1 radical (unpaired) electrons. The number of halogens is 1. The van der Waals surface area contributed by atoms with Gasteiger partial charge in [-0.25, -0.2) is 0 Å². The summed E-state index contributed by atoms with van der Waals surface area (Å²) in [5.41, 5.74) is 7.97. The fourth-order valence-electron chi connectivity index (χ4n) is 2.58. The summed E-state index contributed by atoms with van der Waals surface area (Å²) in [5.74, 6) is 0.716. The summed E-state index contributed by atoms with van der Waals surface area (Å²) in [7, 11) is 0. The molecule has 1 amide bonds. The Bertz CT molecular complexity index is 876. The lowest BCUT2D eigenvalue weighted by atomic mass is 10.0. The maximum Gasteiger partial charge on any atom is 0.248 e. The Hall–Kier alpha value is -2.47. The number of carbonyl (C=O) groups is 1. The molecular weight excluding hydrogens is 382 g/mol. The van der Waals surface area contributed by atoms with Crippen LogP contribution in [0.4, 0.5) is 0 Å². The average molecular weight is 399 g/mol. The van der Waals surface area contributed by atoms with Crippen LogP contribution in [0.15, 0.2) is 57.5 Å². The molecule has 1 aromatic heterocycles. The van der Waals surface area contributed by atoms with Crippen LogP contribution in [-0.2, 0) is 12.8 Å². The van der Waals surface area contributed by atoms with Gasteiger partial charge in [0.05, 0.1) is 6.42 Å². The van der Waals surface area contributed by atoms with Crippen molar-refractivity contribution in [3.8, 4) is 0 Å². The Labute approximate surface area is 154 Å². The monoisotopic (exact) mass is 398 g/mol. The Morgan fingerprint density at radius 2 is 2.04 bits per heavy atom. The number of rotatable bonds is 7. The number of hydrogen-bond donors (Lipinski definition) is 1. The lowest BCUT2D eigenvalue weighted by molar-refractivity contribution is 0.0999. The third-order valence-corrected chi connectivity index (χ3v) is 4.24. The average Bonchev–Trinajstić information content (AvgIpc) is 3.02. The standard InChI is InChI=1S/C19H17BrN3O2/c20-15-8-3-5-13(11-15)12-17-22-18(25-23-17)10-4-7-14-6-1-2-9-16(14)19(21)24/h1-3,5-6,8-11H,4,7,12H2,(H2,21,24). The number of carbonyl (C=O) groups excluding carboxylic acids is 1. The third kappa shape index (κ3) is 4.76. The zero-order chi connectivity index (χ0) is 17.6. The van der Waals surface area contributed by atoms with E-state index in [1.165, 1.54) is 0 Å². The second kappa shape index (κ2) is 8.07. The van der Waals surface area contributed by atoms with E-state index >= 15 is 0 Å². The van der Waals surface area contributed by atoms with Crippen LogP contribution < -0.4 is 5.73 Å². The molecule has 0 fully saturated rings. The van der Waals surface area contributed by atoms with Crippen LogP contribution in [-0.4, -0.2) is 16.0 Å². The predicted molar refractivity (Wildman–Crippen MR) is 97.9 cm³/mol. The highest BCUT2D eigenvalue weighted by Crippen LogP contribution is 2.16. The van der Waals surface area contributed by atoms with E-state index in [0.29, 0.717) is 36.5 Å². The molecule has 0 spiro atoms. The van der Waals surface area contributed by atoms with Crippen molar-refractivity contribution in [2.75, 3.05) is 0 Å². The fraction of sp³-hybridized carbons (Fsp3) is 0.158. The summed E-state index contributed by atoms with van der Waals surface area (Å²) in [6.45, 7) is 0. The molecule has 127 valence electrons. The first-order valence-corrected chi connectivity index (χ1v) is 8.69. The number of amides is 1. The molecule has 0 saturated carbocycles. The van der Waals surface area contributed by atoms with Gasteiger partial charge in [0.15, 0.2) is 5.82 Å². The van der Waals surface area contributed by atoms with Crippen LogP contribution in [0.1, 0.15) is 39.6 Å². The minimum Gasteiger partial charge on any atom is -0.366 e. The van der Waals surface area contributed by atoms with E-state index in [1.54, 1.807) is 12.1 Å². The van der Waals surface area contributed by atoms with E-state index < -0.39 is 5.91 Å². The summed E-state index contributed by atoms with van der Waals surface area (Å²) < 4.78 is 6.28. The van der Waals surface area contributed by atoms with Crippen molar-refractivity contribution < 1.29 is 9.32 Å². The molecule has 0 bridgehead atoms. The number of primary amides is 1. The van der Waals surface area contributed by atoms with E-state index in [4.69, 9.17) is 10.3 Å². The summed E-state index contributed by atoms with van der Waals surface area (Å²) in [6.07, 6.45) is 3.85. The lowest BCUT2D eigenvalue weighted by Crippen LogP contribution is -2.13. The molecule has 0 unspecified atom stereocenters. The quantitative estimate of drug-likeness (QED) is 0.657. The summed E-state index contributed by atoms with van der Waals surface area (Å²) in [4.78, 5) is 15.8. The third-order valence-electron chi connectivity index (χ3n) is 3.75. The van der Waals surface area contributed by atoms with Gasteiger partial charge in [0.2, 0.25) is 11.8 Å². The van der Waals surface area contributed by atoms with Crippen molar-refractivity contribution in [3.63, 3.8) is 0 Å². The zero-order valence-electron chi connectivity index (χ0n) is 13.5. The van der Waals surface area contributed by atoms with Crippen molar-refractivity contribution in [2.24, 2.45) is 5.73 Å². The number of nitrogens with two attached hydrogens (primary N) is 1. The van der Waals surface area contributed by atoms with Crippen LogP contribution in [0, 0.1) is 6.42 Å². The van der Waals surface area contributed by atoms with Crippen molar-refractivity contribution >= 4 is 21.8 Å². The Morgan fingerprint density at radius 1 is 1.20 bits per heavy atom. The predicted octanol–water partition coefficient (Wildman–Crippen LogP) is 3.71.